The van der Waals surface area contributed by atoms with E-state index in [0.717, 1.165) is 44.6 Å². The number of hydrogen-bond donors (Lipinski definition) is 3. The maximum atomic E-state index is 13.4. The van der Waals surface area contributed by atoms with Crippen molar-refractivity contribution in [3.63, 3.8) is 0 Å². The van der Waals surface area contributed by atoms with E-state index in [2.05, 4.69) is 55.1 Å². The Balaban J connectivity index is 1.12. The van der Waals surface area contributed by atoms with Gasteiger partial charge in [-0.2, -0.15) is 13.2 Å². The summed E-state index contributed by atoms with van der Waals surface area (Å²) >= 11 is 6.45. The minimum absolute atomic E-state index is 0.0123. The Bertz CT molecular complexity index is 1730. The Labute approximate surface area is 269 Å². The topological polar surface area (TPSA) is 91.4 Å². The zero-order chi connectivity index (χ0) is 32.1. The van der Waals surface area contributed by atoms with Crippen LogP contribution in [0.1, 0.15) is 36.0 Å². The normalized spacial score (nSPS) is 15.6. The largest absolute Gasteiger partial charge is 0.456 e. The minimum atomic E-state index is -4.49. The molecule has 12 heteroatoms. The number of rotatable bonds is 8. The van der Waals surface area contributed by atoms with Crippen molar-refractivity contribution in [1.82, 2.24) is 20.2 Å². The van der Waals surface area contributed by atoms with Crippen molar-refractivity contribution in [3.05, 3.63) is 106 Å². The SMILES string of the molecule is O=C(NC1CCN(Cc2ccccc2)CC1)C1=Cc2c(ncnc2Nc2ccc(Oc3cccc(C(F)(F)F)c3)c(Cl)c2)NCC1. The summed E-state index contributed by atoms with van der Waals surface area (Å²) in [5, 5.41) is 9.92. The van der Waals surface area contributed by atoms with Gasteiger partial charge < -0.3 is 20.7 Å². The van der Waals surface area contributed by atoms with Crippen LogP contribution < -0.4 is 20.7 Å². The molecule has 8 nitrogen and oxygen atoms in total. The standard InChI is InChI=1S/C34H32ClF3N6O2/c35-29-19-26(9-10-30(29)46-27-8-4-7-24(18-27)34(36,37)38)42-32-28-17-23(11-14-39-31(28)40-21-41-32)33(45)43-25-12-15-44(16-13-25)20-22-5-2-1-3-6-22/h1-10,17-19,21,25H,11-16,20H2,(H,43,45)(H2,39,40,41,42). The maximum absolute atomic E-state index is 13.4. The molecule has 3 N–H and O–H groups in total. The van der Waals surface area contributed by atoms with E-state index >= 15 is 0 Å². The van der Waals surface area contributed by atoms with Gasteiger partial charge in [-0.05, 0) is 67.3 Å². The van der Waals surface area contributed by atoms with Gasteiger partial charge in [-0.3, -0.25) is 9.69 Å². The Morgan fingerprint density at radius 1 is 1.02 bits per heavy atom. The fraction of sp³-hybridized carbons (Fsp3) is 0.265. The van der Waals surface area contributed by atoms with Crippen molar-refractivity contribution in [3.8, 4) is 11.5 Å². The van der Waals surface area contributed by atoms with E-state index in [1.54, 1.807) is 18.2 Å². The zero-order valence-electron chi connectivity index (χ0n) is 24.8. The first kappa shape index (κ1) is 31.4. The van der Waals surface area contributed by atoms with Crippen LogP contribution in [0.25, 0.3) is 6.08 Å². The molecule has 6 rings (SSSR count). The summed E-state index contributed by atoms with van der Waals surface area (Å²) in [5.41, 5.74) is 2.28. The lowest BCUT2D eigenvalue weighted by atomic mass is 10.0. The Morgan fingerprint density at radius 3 is 2.59 bits per heavy atom. The number of anilines is 3. The predicted molar refractivity (Wildman–Crippen MR) is 172 cm³/mol. The molecular formula is C34H32ClF3N6O2. The van der Waals surface area contributed by atoms with Crippen LogP contribution >= 0.6 is 11.6 Å². The van der Waals surface area contributed by atoms with Gasteiger partial charge in [0.15, 0.2) is 0 Å². The number of benzene rings is 3. The molecular weight excluding hydrogens is 617 g/mol. The van der Waals surface area contributed by atoms with Crippen LogP contribution in [0.15, 0.2) is 84.7 Å². The van der Waals surface area contributed by atoms with Crippen molar-refractivity contribution in [2.75, 3.05) is 30.3 Å². The van der Waals surface area contributed by atoms with Gasteiger partial charge in [-0.15, -0.1) is 0 Å². The van der Waals surface area contributed by atoms with E-state index in [1.807, 2.05) is 12.1 Å². The van der Waals surface area contributed by atoms with E-state index in [-0.39, 0.29) is 28.5 Å². The molecule has 0 aliphatic carbocycles. The number of amides is 1. The third kappa shape index (κ3) is 7.78. The fourth-order valence-electron chi connectivity index (χ4n) is 5.53. The maximum Gasteiger partial charge on any atom is 0.416 e. The highest BCUT2D eigenvalue weighted by molar-refractivity contribution is 6.32. The minimum Gasteiger partial charge on any atom is -0.456 e. The molecule has 1 fully saturated rings. The Morgan fingerprint density at radius 2 is 1.83 bits per heavy atom. The molecule has 1 amide bonds. The van der Waals surface area contributed by atoms with Crippen molar-refractivity contribution in [2.45, 2.75) is 38.0 Å². The number of alkyl halides is 3. The number of ether oxygens (including phenoxy) is 1. The summed E-state index contributed by atoms with van der Waals surface area (Å²) in [6.45, 7) is 3.27. The van der Waals surface area contributed by atoms with Gasteiger partial charge in [0.25, 0.3) is 0 Å². The third-order valence-electron chi connectivity index (χ3n) is 7.94. The fourth-order valence-corrected chi connectivity index (χ4v) is 5.75. The molecule has 1 saturated heterocycles. The van der Waals surface area contributed by atoms with Gasteiger partial charge in [-0.1, -0.05) is 48.0 Å². The van der Waals surface area contributed by atoms with Crippen LogP contribution in [0.4, 0.5) is 30.5 Å². The molecule has 238 valence electrons. The van der Waals surface area contributed by atoms with Crippen LogP contribution in [0.5, 0.6) is 11.5 Å². The zero-order valence-corrected chi connectivity index (χ0v) is 25.5. The highest BCUT2D eigenvalue weighted by Gasteiger charge is 2.31. The van der Waals surface area contributed by atoms with E-state index in [0.29, 0.717) is 41.4 Å². The van der Waals surface area contributed by atoms with Gasteiger partial charge in [0.05, 0.1) is 16.1 Å². The summed E-state index contributed by atoms with van der Waals surface area (Å²) < 4.78 is 45.0. The second-order valence-electron chi connectivity index (χ2n) is 11.2. The van der Waals surface area contributed by atoms with Crippen LogP contribution in [-0.2, 0) is 17.5 Å². The number of nitrogens with one attached hydrogen (secondary N) is 3. The lowest BCUT2D eigenvalue weighted by Gasteiger charge is -2.32. The first-order valence-corrected chi connectivity index (χ1v) is 15.4. The number of carbonyl (C=O) groups is 1. The van der Waals surface area contributed by atoms with Gasteiger partial charge in [0, 0.05) is 43.5 Å². The van der Waals surface area contributed by atoms with Crippen LogP contribution in [-0.4, -0.2) is 46.5 Å². The Kier molecular flexibility index (Phi) is 9.41. The number of fused-ring (bicyclic) bond motifs is 1. The monoisotopic (exact) mass is 648 g/mol. The Hall–Kier alpha value is -4.61. The number of hydrogen-bond acceptors (Lipinski definition) is 7. The van der Waals surface area contributed by atoms with E-state index < -0.39 is 11.7 Å². The molecule has 0 unspecified atom stereocenters. The molecule has 1 aromatic heterocycles. The van der Waals surface area contributed by atoms with E-state index in [1.165, 1.54) is 24.0 Å². The molecule has 0 spiro atoms. The number of carbonyl (C=O) groups excluding carboxylic acids is 1. The summed E-state index contributed by atoms with van der Waals surface area (Å²) in [6.07, 6.45) is 1.02. The number of nitrogens with zero attached hydrogens (tertiary/aromatic N) is 3. The van der Waals surface area contributed by atoms with Gasteiger partial charge >= 0.3 is 6.18 Å². The number of halogens is 4. The molecule has 3 heterocycles. The molecule has 0 radical (unpaired) electrons. The first-order valence-electron chi connectivity index (χ1n) is 15.0. The van der Waals surface area contributed by atoms with Crippen molar-refractivity contribution in [1.29, 1.82) is 0 Å². The van der Waals surface area contributed by atoms with Gasteiger partial charge in [0.1, 0.15) is 29.5 Å². The smallest absolute Gasteiger partial charge is 0.416 e. The molecule has 0 bridgehead atoms. The van der Waals surface area contributed by atoms with Crippen molar-refractivity contribution < 1.29 is 22.7 Å². The average molecular weight is 649 g/mol. The van der Waals surface area contributed by atoms with Gasteiger partial charge in [0.2, 0.25) is 5.91 Å². The highest BCUT2D eigenvalue weighted by atomic mass is 35.5. The molecule has 0 atom stereocenters. The average Bonchev–Trinajstić information content (AvgIpc) is 3.27. The summed E-state index contributed by atoms with van der Waals surface area (Å²) in [4.78, 5) is 24.6. The lowest BCUT2D eigenvalue weighted by molar-refractivity contribution is -0.137. The van der Waals surface area contributed by atoms with Crippen LogP contribution in [0, 0.1) is 0 Å². The second kappa shape index (κ2) is 13.8. The predicted octanol–water partition coefficient (Wildman–Crippen LogP) is 7.66. The van der Waals surface area contributed by atoms with Crippen LogP contribution in [0.2, 0.25) is 5.02 Å². The number of likely N-dealkylation sites (tertiary alicyclic amines) is 1. The lowest BCUT2D eigenvalue weighted by Crippen LogP contribution is -2.44. The molecule has 2 aliphatic rings. The number of aromatic nitrogens is 2. The first-order chi connectivity index (χ1) is 22.2. The highest BCUT2D eigenvalue weighted by Crippen LogP contribution is 2.37. The molecule has 3 aromatic carbocycles. The summed E-state index contributed by atoms with van der Waals surface area (Å²) in [5.74, 6) is 1.15. The van der Waals surface area contributed by atoms with Gasteiger partial charge in [-0.25, -0.2) is 9.97 Å². The molecule has 0 saturated carbocycles. The van der Waals surface area contributed by atoms with Crippen molar-refractivity contribution in [2.24, 2.45) is 0 Å². The molecule has 46 heavy (non-hydrogen) atoms. The molecule has 2 aliphatic heterocycles. The molecule has 4 aromatic rings. The number of piperidine rings is 1. The summed E-state index contributed by atoms with van der Waals surface area (Å²) in [7, 11) is 0. The van der Waals surface area contributed by atoms with E-state index in [9.17, 15) is 18.0 Å². The van der Waals surface area contributed by atoms with E-state index in [4.69, 9.17) is 16.3 Å². The summed E-state index contributed by atoms with van der Waals surface area (Å²) in [6, 6.07) is 19.9. The third-order valence-corrected chi connectivity index (χ3v) is 8.23. The van der Waals surface area contributed by atoms with Crippen LogP contribution in [0.3, 0.4) is 0 Å². The quantitative estimate of drug-likeness (QED) is 0.181. The second-order valence-corrected chi connectivity index (χ2v) is 11.6. The van der Waals surface area contributed by atoms with Crippen molar-refractivity contribution >= 4 is 40.9 Å².